The molecule has 0 N–H and O–H groups in total. The van der Waals surface area contributed by atoms with Crippen molar-refractivity contribution < 1.29 is 0 Å². The molecule has 0 aliphatic rings. The van der Waals surface area contributed by atoms with E-state index in [4.69, 9.17) is 10.2 Å². The molecule has 0 amide bonds. The van der Waals surface area contributed by atoms with Crippen molar-refractivity contribution in [1.82, 2.24) is 9.55 Å². The number of thiophene rings is 1. The number of nitrogens with zero attached hydrogens (tertiary/aromatic N) is 3. The van der Waals surface area contributed by atoms with E-state index in [1.807, 2.05) is 12.1 Å². The summed E-state index contributed by atoms with van der Waals surface area (Å²) in [4.78, 5) is 20.3. The van der Waals surface area contributed by atoms with Crippen molar-refractivity contribution in [3.05, 3.63) is 50.1 Å². The van der Waals surface area contributed by atoms with E-state index >= 15 is 0 Å². The zero-order valence-corrected chi connectivity index (χ0v) is 17.8. The van der Waals surface area contributed by atoms with E-state index in [9.17, 15) is 4.79 Å². The Bertz CT molecular complexity index is 1090. The third-order valence-corrected chi connectivity index (χ3v) is 6.83. The van der Waals surface area contributed by atoms with Crippen LogP contribution in [0.1, 0.15) is 41.3 Å². The summed E-state index contributed by atoms with van der Waals surface area (Å²) in [5, 5.41) is 10.2. The molecule has 2 heterocycles. The van der Waals surface area contributed by atoms with Gasteiger partial charge in [-0.15, -0.1) is 11.3 Å². The Labute approximate surface area is 167 Å². The first kappa shape index (κ1) is 19.7. The van der Waals surface area contributed by atoms with Crippen molar-refractivity contribution in [2.75, 3.05) is 5.75 Å². The first-order chi connectivity index (χ1) is 13.0. The van der Waals surface area contributed by atoms with Crippen molar-refractivity contribution >= 4 is 33.3 Å². The molecule has 0 radical (unpaired) electrons. The van der Waals surface area contributed by atoms with Gasteiger partial charge in [0.05, 0.1) is 17.1 Å². The SMILES string of the molecule is CCc1c(C)sc2nc(SCCCC#N)n(-c3ccc(C)c(C)c3)c(=O)c12. The van der Waals surface area contributed by atoms with Crippen molar-refractivity contribution in [2.45, 2.75) is 52.1 Å². The summed E-state index contributed by atoms with van der Waals surface area (Å²) < 4.78 is 1.75. The van der Waals surface area contributed by atoms with Gasteiger partial charge in [-0.2, -0.15) is 5.26 Å². The van der Waals surface area contributed by atoms with Crippen LogP contribution in [0.4, 0.5) is 0 Å². The van der Waals surface area contributed by atoms with E-state index in [0.29, 0.717) is 11.6 Å². The van der Waals surface area contributed by atoms with E-state index in [-0.39, 0.29) is 5.56 Å². The van der Waals surface area contributed by atoms with Crippen molar-refractivity contribution in [3.63, 3.8) is 0 Å². The molecule has 1 aromatic carbocycles. The number of aromatic nitrogens is 2. The zero-order chi connectivity index (χ0) is 19.6. The Hall–Kier alpha value is -2.10. The number of aryl methyl sites for hydroxylation is 4. The zero-order valence-electron chi connectivity index (χ0n) is 16.1. The molecular formula is C21H23N3OS2. The second-order valence-corrected chi connectivity index (χ2v) is 8.85. The fraction of sp³-hybridized carbons (Fsp3) is 0.381. The van der Waals surface area contributed by atoms with Crippen LogP contribution in [0.5, 0.6) is 0 Å². The van der Waals surface area contributed by atoms with Gasteiger partial charge in [0.1, 0.15) is 4.83 Å². The molecular weight excluding hydrogens is 374 g/mol. The summed E-state index contributed by atoms with van der Waals surface area (Å²) in [6.45, 7) is 8.27. The quantitative estimate of drug-likeness (QED) is 0.320. The van der Waals surface area contributed by atoms with Crippen LogP contribution in [-0.2, 0) is 6.42 Å². The van der Waals surface area contributed by atoms with Gasteiger partial charge in [0, 0.05) is 17.1 Å². The monoisotopic (exact) mass is 397 g/mol. The Kier molecular flexibility index (Phi) is 6.03. The summed E-state index contributed by atoms with van der Waals surface area (Å²) in [5.41, 5.74) is 4.31. The lowest BCUT2D eigenvalue weighted by Gasteiger charge is -2.13. The Morgan fingerprint density at radius 1 is 1.26 bits per heavy atom. The molecule has 0 aliphatic carbocycles. The van der Waals surface area contributed by atoms with Crippen LogP contribution in [0.2, 0.25) is 0 Å². The van der Waals surface area contributed by atoms with E-state index in [1.165, 1.54) is 5.56 Å². The maximum Gasteiger partial charge on any atom is 0.267 e. The average Bonchev–Trinajstić information content (AvgIpc) is 2.97. The van der Waals surface area contributed by atoms with Crippen LogP contribution < -0.4 is 5.56 Å². The van der Waals surface area contributed by atoms with E-state index in [2.05, 4.69) is 39.8 Å². The summed E-state index contributed by atoms with van der Waals surface area (Å²) in [7, 11) is 0. The summed E-state index contributed by atoms with van der Waals surface area (Å²) >= 11 is 3.15. The minimum Gasteiger partial charge on any atom is -0.268 e. The highest BCUT2D eigenvalue weighted by molar-refractivity contribution is 7.99. The van der Waals surface area contributed by atoms with Gasteiger partial charge in [0.25, 0.3) is 5.56 Å². The molecule has 0 bridgehead atoms. The molecule has 27 heavy (non-hydrogen) atoms. The van der Waals surface area contributed by atoms with Gasteiger partial charge < -0.3 is 0 Å². The maximum atomic E-state index is 13.5. The van der Waals surface area contributed by atoms with E-state index in [0.717, 1.165) is 50.5 Å². The molecule has 2 aromatic heterocycles. The third kappa shape index (κ3) is 3.80. The summed E-state index contributed by atoms with van der Waals surface area (Å²) in [6.07, 6.45) is 2.12. The molecule has 0 unspecified atom stereocenters. The van der Waals surface area contributed by atoms with Gasteiger partial charge in [-0.05, 0) is 62.4 Å². The molecule has 3 rings (SSSR count). The standard InChI is InChI=1S/C21H23N3OS2/c1-5-17-15(4)27-19-18(17)20(25)24(16-9-8-13(2)14(3)12-16)21(23-19)26-11-7-6-10-22/h8-9,12H,5-7,11H2,1-4H3. The fourth-order valence-corrected chi connectivity index (χ4v) is 5.23. The highest BCUT2D eigenvalue weighted by Crippen LogP contribution is 2.31. The Morgan fingerprint density at radius 3 is 2.70 bits per heavy atom. The smallest absolute Gasteiger partial charge is 0.267 e. The third-order valence-electron chi connectivity index (χ3n) is 4.76. The number of fused-ring (bicyclic) bond motifs is 1. The number of hydrogen-bond acceptors (Lipinski definition) is 5. The number of unbranched alkanes of at least 4 members (excludes halogenated alkanes) is 1. The maximum absolute atomic E-state index is 13.5. The van der Waals surface area contributed by atoms with Crippen molar-refractivity contribution in [2.24, 2.45) is 0 Å². The predicted octanol–water partition coefficient (Wildman–Crippen LogP) is 5.33. The van der Waals surface area contributed by atoms with Gasteiger partial charge in [-0.25, -0.2) is 4.98 Å². The van der Waals surface area contributed by atoms with Gasteiger partial charge >= 0.3 is 0 Å². The van der Waals surface area contributed by atoms with Gasteiger partial charge in [0.2, 0.25) is 0 Å². The second-order valence-electron chi connectivity index (χ2n) is 6.58. The van der Waals surface area contributed by atoms with Gasteiger partial charge in [0.15, 0.2) is 5.16 Å². The molecule has 4 nitrogen and oxygen atoms in total. The number of thioether (sulfide) groups is 1. The number of hydrogen-bond donors (Lipinski definition) is 0. The summed E-state index contributed by atoms with van der Waals surface area (Å²) in [5.74, 6) is 0.765. The Balaban J connectivity index is 2.23. The lowest BCUT2D eigenvalue weighted by Crippen LogP contribution is -2.22. The topological polar surface area (TPSA) is 58.7 Å². The molecule has 0 fully saturated rings. The molecule has 0 atom stereocenters. The first-order valence-electron chi connectivity index (χ1n) is 9.10. The molecule has 0 saturated carbocycles. The van der Waals surface area contributed by atoms with E-state index in [1.54, 1.807) is 27.7 Å². The fourth-order valence-electron chi connectivity index (χ4n) is 3.13. The number of benzene rings is 1. The van der Waals surface area contributed by atoms with Crippen molar-refractivity contribution in [3.8, 4) is 11.8 Å². The molecule has 0 aliphatic heterocycles. The molecule has 0 spiro atoms. The number of rotatable bonds is 6. The predicted molar refractivity (Wildman–Crippen MR) is 114 cm³/mol. The van der Waals surface area contributed by atoms with Gasteiger partial charge in [-0.1, -0.05) is 24.8 Å². The van der Waals surface area contributed by atoms with Crippen LogP contribution in [0.3, 0.4) is 0 Å². The minimum atomic E-state index is 0.00670. The highest BCUT2D eigenvalue weighted by Gasteiger charge is 2.19. The van der Waals surface area contributed by atoms with E-state index < -0.39 is 0 Å². The van der Waals surface area contributed by atoms with Crippen LogP contribution >= 0.6 is 23.1 Å². The average molecular weight is 398 g/mol. The lowest BCUT2D eigenvalue weighted by atomic mass is 10.1. The highest BCUT2D eigenvalue weighted by atomic mass is 32.2. The summed E-state index contributed by atoms with van der Waals surface area (Å²) in [6, 6.07) is 8.26. The Morgan fingerprint density at radius 2 is 2.04 bits per heavy atom. The molecule has 0 saturated heterocycles. The lowest BCUT2D eigenvalue weighted by molar-refractivity contribution is 0.817. The van der Waals surface area contributed by atoms with Crippen LogP contribution in [0, 0.1) is 32.1 Å². The van der Waals surface area contributed by atoms with Crippen LogP contribution in [0.15, 0.2) is 28.2 Å². The largest absolute Gasteiger partial charge is 0.268 e. The molecule has 140 valence electrons. The minimum absolute atomic E-state index is 0.00670. The van der Waals surface area contributed by atoms with Crippen LogP contribution in [0.25, 0.3) is 15.9 Å². The van der Waals surface area contributed by atoms with Gasteiger partial charge in [-0.3, -0.25) is 9.36 Å². The first-order valence-corrected chi connectivity index (χ1v) is 10.9. The normalized spacial score (nSPS) is 11.1. The second kappa shape index (κ2) is 8.28. The van der Waals surface area contributed by atoms with Crippen LogP contribution in [-0.4, -0.2) is 15.3 Å². The molecule has 3 aromatic rings. The van der Waals surface area contributed by atoms with Crippen molar-refractivity contribution in [1.29, 1.82) is 5.26 Å². The molecule has 6 heteroatoms. The number of nitriles is 1.